The second-order valence-electron chi connectivity index (χ2n) is 6.90. The van der Waals surface area contributed by atoms with Gasteiger partial charge in [-0.25, -0.2) is 4.99 Å². The van der Waals surface area contributed by atoms with Crippen LogP contribution >= 0.6 is 0 Å². The van der Waals surface area contributed by atoms with Crippen LogP contribution in [0.3, 0.4) is 0 Å². The first kappa shape index (κ1) is 14.1. The zero-order valence-electron chi connectivity index (χ0n) is 12.6. The molecule has 0 aromatic carbocycles. The molecule has 0 saturated carbocycles. The number of aromatic nitrogens is 2. The van der Waals surface area contributed by atoms with E-state index >= 15 is 0 Å². The number of hydrogen-bond acceptors (Lipinski definition) is 1. The SMILES string of the molecule is CC(C)N=c1n(C(C)(C)C)ccn1C(C)(C)C. The van der Waals surface area contributed by atoms with Gasteiger partial charge < -0.3 is 9.13 Å². The van der Waals surface area contributed by atoms with Crippen molar-refractivity contribution in [2.75, 3.05) is 0 Å². The second-order valence-corrected chi connectivity index (χ2v) is 6.90. The summed E-state index contributed by atoms with van der Waals surface area (Å²) in [6.07, 6.45) is 4.26. The molecular formula is C14H27N3. The van der Waals surface area contributed by atoms with Crippen molar-refractivity contribution >= 4 is 0 Å². The van der Waals surface area contributed by atoms with Gasteiger partial charge in [0, 0.05) is 29.5 Å². The van der Waals surface area contributed by atoms with Crippen LogP contribution in [0.4, 0.5) is 0 Å². The van der Waals surface area contributed by atoms with Gasteiger partial charge >= 0.3 is 0 Å². The number of hydrogen-bond donors (Lipinski definition) is 0. The maximum atomic E-state index is 4.78. The lowest BCUT2D eigenvalue weighted by atomic mass is 10.1. The Hall–Kier alpha value is -0.990. The summed E-state index contributed by atoms with van der Waals surface area (Å²) >= 11 is 0. The summed E-state index contributed by atoms with van der Waals surface area (Å²) in [5.74, 6) is 0. The standard InChI is InChI=1S/C14H27N3/c1-11(2)15-12-16(13(3,4)5)9-10-17(12)14(6,7)8/h9-11H,1-8H3. The molecule has 1 heterocycles. The van der Waals surface area contributed by atoms with Crippen LogP contribution in [-0.4, -0.2) is 15.2 Å². The van der Waals surface area contributed by atoms with Crippen LogP contribution in [-0.2, 0) is 11.1 Å². The van der Waals surface area contributed by atoms with E-state index in [-0.39, 0.29) is 11.1 Å². The Balaban J connectivity index is 3.53. The van der Waals surface area contributed by atoms with Crippen LogP contribution in [0.25, 0.3) is 0 Å². The van der Waals surface area contributed by atoms with Crippen molar-refractivity contribution in [3.8, 4) is 0 Å². The molecule has 3 heteroatoms. The quantitative estimate of drug-likeness (QED) is 0.716. The molecule has 98 valence electrons. The smallest absolute Gasteiger partial charge is 0.206 e. The lowest BCUT2D eigenvalue weighted by molar-refractivity contribution is 0.332. The Labute approximate surface area is 105 Å². The molecule has 1 aromatic rings. The fourth-order valence-corrected chi connectivity index (χ4v) is 1.79. The van der Waals surface area contributed by atoms with Crippen molar-refractivity contribution in [1.82, 2.24) is 9.13 Å². The number of imidazole rings is 1. The van der Waals surface area contributed by atoms with Gasteiger partial charge in [-0.3, -0.25) is 0 Å². The summed E-state index contributed by atoms with van der Waals surface area (Å²) in [4.78, 5) is 4.78. The molecular weight excluding hydrogens is 210 g/mol. The highest BCUT2D eigenvalue weighted by Gasteiger charge is 2.21. The molecule has 0 saturated heterocycles. The summed E-state index contributed by atoms with van der Waals surface area (Å²) in [6, 6.07) is 0.305. The van der Waals surface area contributed by atoms with E-state index in [1.54, 1.807) is 0 Å². The largest absolute Gasteiger partial charge is 0.312 e. The Morgan fingerprint density at radius 1 is 0.882 bits per heavy atom. The van der Waals surface area contributed by atoms with E-state index in [0.29, 0.717) is 6.04 Å². The first-order valence-corrected chi connectivity index (χ1v) is 6.38. The third-order valence-corrected chi connectivity index (χ3v) is 2.61. The Morgan fingerprint density at radius 2 is 1.24 bits per heavy atom. The molecule has 0 aliphatic carbocycles. The van der Waals surface area contributed by atoms with Gasteiger partial charge in [-0.2, -0.15) is 0 Å². The van der Waals surface area contributed by atoms with E-state index in [2.05, 4.69) is 76.9 Å². The number of rotatable bonds is 1. The Bertz CT molecular complexity index is 399. The van der Waals surface area contributed by atoms with E-state index in [4.69, 9.17) is 4.99 Å². The molecule has 0 bridgehead atoms. The lowest BCUT2D eigenvalue weighted by Crippen LogP contribution is -2.41. The van der Waals surface area contributed by atoms with Gasteiger partial charge in [-0.1, -0.05) is 0 Å². The van der Waals surface area contributed by atoms with E-state index in [1.165, 1.54) is 0 Å². The van der Waals surface area contributed by atoms with Crippen molar-refractivity contribution < 1.29 is 0 Å². The maximum absolute atomic E-state index is 4.78. The molecule has 0 amide bonds. The van der Waals surface area contributed by atoms with Crippen LogP contribution in [0.2, 0.25) is 0 Å². The molecule has 3 nitrogen and oxygen atoms in total. The monoisotopic (exact) mass is 237 g/mol. The van der Waals surface area contributed by atoms with Crippen molar-refractivity contribution in [3.63, 3.8) is 0 Å². The average Bonchev–Trinajstić information content (AvgIpc) is 2.43. The molecule has 0 radical (unpaired) electrons. The Morgan fingerprint density at radius 3 is 1.47 bits per heavy atom. The molecule has 1 aromatic heterocycles. The van der Waals surface area contributed by atoms with Crippen LogP contribution in [0, 0.1) is 0 Å². The normalized spacial score (nSPS) is 13.2. The van der Waals surface area contributed by atoms with Crippen LogP contribution in [0.1, 0.15) is 55.4 Å². The Kier molecular flexibility index (Phi) is 3.60. The van der Waals surface area contributed by atoms with E-state index in [1.807, 2.05) is 0 Å². The van der Waals surface area contributed by atoms with Crippen molar-refractivity contribution in [2.45, 2.75) is 72.5 Å². The van der Waals surface area contributed by atoms with E-state index in [0.717, 1.165) is 5.62 Å². The molecule has 17 heavy (non-hydrogen) atoms. The molecule has 0 aliphatic rings. The van der Waals surface area contributed by atoms with E-state index in [9.17, 15) is 0 Å². The van der Waals surface area contributed by atoms with Gasteiger partial charge in [0.25, 0.3) is 0 Å². The minimum absolute atomic E-state index is 0.0597. The minimum atomic E-state index is 0.0597. The van der Waals surface area contributed by atoms with E-state index < -0.39 is 0 Å². The van der Waals surface area contributed by atoms with Crippen molar-refractivity contribution in [2.24, 2.45) is 4.99 Å². The molecule has 0 atom stereocenters. The predicted molar refractivity (Wildman–Crippen MR) is 73.1 cm³/mol. The van der Waals surface area contributed by atoms with Crippen LogP contribution in [0.15, 0.2) is 17.4 Å². The molecule has 1 rings (SSSR count). The van der Waals surface area contributed by atoms with Gasteiger partial charge in [-0.05, 0) is 55.4 Å². The van der Waals surface area contributed by atoms with Gasteiger partial charge in [0.05, 0.1) is 0 Å². The van der Waals surface area contributed by atoms with Crippen LogP contribution < -0.4 is 5.62 Å². The molecule has 0 aliphatic heterocycles. The van der Waals surface area contributed by atoms with Gasteiger partial charge in [0.15, 0.2) is 0 Å². The van der Waals surface area contributed by atoms with Crippen LogP contribution in [0.5, 0.6) is 0 Å². The summed E-state index contributed by atoms with van der Waals surface area (Å²) in [7, 11) is 0. The number of nitrogens with zero attached hydrogens (tertiary/aromatic N) is 3. The zero-order chi connectivity index (χ0) is 13.4. The highest BCUT2D eigenvalue weighted by molar-refractivity contribution is 4.92. The first-order chi connectivity index (χ1) is 7.53. The van der Waals surface area contributed by atoms with Crippen molar-refractivity contribution in [3.05, 3.63) is 18.0 Å². The maximum Gasteiger partial charge on any atom is 0.206 e. The molecule has 0 fully saturated rings. The van der Waals surface area contributed by atoms with Gasteiger partial charge in [0.2, 0.25) is 5.62 Å². The topological polar surface area (TPSA) is 22.2 Å². The lowest BCUT2D eigenvalue weighted by Gasteiger charge is -2.25. The average molecular weight is 237 g/mol. The summed E-state index contributed by atoms with van der Waals surface area (Å²) < 4.78 is 4.50. The van der Waals surface area contributed by atoms with Gasteiger partial charge in [-0.15, -0.1) is 0 Å². The van der Waals surface area contributed by atoms with Gasteiger partial charge in [0.1, 0.15) is 0 Å². The fourth-order valence-electron chi connectivity index (χ4n) is 1.79. The fraction of sp³-hybridized carbons (Fsp3) is 0.786. The van der Waals surface area contributed by atoms with Crippen molar-refractivity contribution in [1.29, 1.82) is 0 Å². The summed E-state index contributed by atoms with van der Waals surface area (Å²) in [5.41, 5.74) is 1.18. The highest BCUT2D eigenvalue weighted by Crippen LogP contribution is 2.15. The molecule has 0 unspecified atom stereocenters. The second kappa shape index (κ2) is 4.35. The zero-order valence-corrected chi connectivity index (χ0v) is 12.6. The molecule has 0 spiro atoms. The summed E-state index contributed by atoms with van der Waals surface area (Å²) in [6.45, 7) is 17.5. The molecule has 0 N–H and O–H groups in total. The third kappa shape index (κ3) is 3.24. The summed E-state index contributed by atoms with van der Waals surface area (Å²) in [5, 5.41) is 0. The predicted octanol–water partition coefficient (Wildman–Crippen LogP) is 3.11. The highest BCUT2D eigenvalue weighted by atomic mass is 15.2. The minimum Gasteiger partial charge on any atom is -0.312 e. The first-order valence-electron chi connectivity index (χ1n) is 6.38. The third-order valence-electron chi connectivity index (χ3n) is 2.61.